The highest BCUT2D eigenvalue weighted by molar-refractivity contribution is 6.31. The van der Waals surface area contributed by atoms with Crippen molar-refractivity contribution in [1.82, 2.24) is 14.8 Å². The molecule has 0 bridgehead atoms. The average Bonchev–Trinajstić information content (AvgIpc) is 3.31. The fourth-order valence-electron chi connectivity index (χ4n) is 4.63. The molecule has 2 aliphatic heterocycles. The van der Waals surface area contributed by atoms with Crippen LogP contribution in [0.25, 0.3) is 5.70 Å². The van der Waals surface area contributed by atoms with Crippen LogP contribution in [0.1, 0.15) is 28.8 Å². The molecule has 0 saturated carbocycles. The summed E-state index contributed by atoms with van der Waals surface area (Å²) < 4.78 is 8.53. The number of rotatable bonds is 3. The number of fused-ring (bicyclic) bond motifs is 3. The van der Waals surface area contributed by atoms with E-state index in [1.807, 2.05) is 61.2 Å². The van der Waals surface area contributed by atoms with E-state index >= 15 is 0 Å². The van der Waals surface area contributed by atoms with Crippen molar-refractivity contribution in [3.63, 3.8) is 0 Å². The first-order valence-corrected chi connectivity index (χ1v) is 11.6. The van der Waals surface area contributed by atoms with Gasteiger partial charge >= 0.3 is 0 Å². The fraction of sp³-hybridized carbons (Fsp3) is 0.154. The van der Waals surface area contributed by atoms with Crippen LogP contribution in [0.2, 0.25) is 10.0 Å². The molecule has 6 nitrogen and oxygen atoms in total. The Labute approximate surface area is 207 Å². The van der Waals surface area contributed by atoms with Crippen molar-refractivity contribution in [3.05, 3.63) is 105 Å². The smallest absolute Gasteiger partial charge is 0.226 e. The molecule has 0 radical (unpaired) electrons. The summed E-state index contributed by atoms with van der Waals surface area (Å²) in [4.78, 5) is 6.56. The minimum Gasteiger partial charge on any atom is -0.480 e. The summed E-state index contributed by atoms with van der Waals surface area (Å²) in [5, 5.41) is 9.39. The van der Waals surface area contributed by atoms with Crippen molar-refractivity contribution in [3.8, 4) is 5.75 Å². The van der Waals surface area contributed by atoms with Gasteiger partial charge in [-0.3, -0.25) is 0 Å². The number of hydrogen-bond acceptors (Lipinski definition) is 5. The van der Waals surface area contributed by atoms with E-state index in [-0.39, 0.29) is 12.1 Å². The molecule has 34 heavy (non-hydrogen) atoms. The summed E-state index contributed by atoms with van der Waals surface area (Å²) >= 11 is 12.6. The van der Waals surface area contributed by atoms with Gasteiger partial charge in [-0.05, 0) is 53.6 Å². The Morgan fingerprint density at radius 2 is 1.62 bits per heavy atom. The van der Waals surface area contributed by atoms with Gasteiger partial charge in [0.25, 0.3) is 0 Å². The van der Waals surface area contributed by atoms with Crippen LogP contribution in [-0.2, 0) is 0 Å². The lowest BCUT2D eigenvalue weighted by atomic mass is 9.84. The molecule has 0 fully saturated rings. The highest BCUT2D eigenvalue weighted by atomic mass is 35.5. The Kier molecular flexibility index (Phi) is 5.01. The number of hydrogen-bond donors (Lipinski definition) is 1. The van der Waals surface area contributed by atoms with Gasteiger partial charge < -0.3 is 15.0 Å². The maximum absolute atomic E-state index is 6.62. The molecule has 0 unspecified atom stereocenters. The van der Waals surface area contributed by atoms with Crippen LogP contribution in [0.3, 0.4) is 0 Å². The molecular weight excluding hydrogens is 469 g/mol. The first-order chi connectivity index (χ1) is 16.5. The lowest BCUT2D eigenvalue weighted by Crippen LogP contribution is -2.32. The van der Waals surface area contributed by atoms with Crippen LogP contribution in [0, 0.1) is 0 Å². The van der Waals surface area contributed by atoms with Crippen molar-refractivity contribution < 1.29 is 4.74 Å². The molecule has 6 rings (SSSR count). The van der Waals surface area contributed by atoms with Crippen molar-refractivity contribution in [2.45, 2.75) is 12.1 Å². The molecule has 0 spiro atoms. The van der Waals surface area contributed by atoms with Gasteiger partial charge in [-0.2, -0.15) is 10.1 Å². The van der Waals surface area contributed by atoms with Gasteiger partial charge in [-0.15, -0.1) is 0 Å². The van der Waals surface area contributed by atoms with E-state index < -0.39 is 0 Å². The highest BCUT2D eigenvalue weighted by Gasteiger charge is 2.41. The largest absolute Gasteiger partial charge is 0.480 e. The Morgan fingerprint density at radius 1 is 0.912 bits per heavy atom. The Hall–Kier alpha value is -3.48. The third-order valence-corrected chi connectivity index (χ3v) is 6.76. The first kappa shape index (κ1) is 21.1. The minimum absolute atomic E-state index is 0.224. The van der Waals surface area contributed by atoms with E-state index in [4.69, 9.17) is 27.9 Å². The van der Waals surface area contributed by atoms with Crippen LogP contribution in [0.5, 0.6) is 5.75 Å². The molecule has 0 saturated heterocycles. The number of anilines is 2. The van der Waals surface area contributed by atoms with Crippen molar-refractivity contribution in [2.24, 2.45) is 0 Å². The SMILES string of the molecule is CN(C)c1ccc([C@@H]2C3=C(Nc4ncnn42)c2cc(Cl)ccc2O[C@H]3c2ccc(Cl)cc2)cc1. The second kappa shape index (κ2) is 8.08. The summed E-state index contributed by atoms with van der Waals surface area (Å²) in [6.07, 6.45) is 1.21. The summed E-state index contributed by atoms with van der Waals surface area (Å²) in [7, 11) is 4.06. The van der Waals surface area contributed by atoms with E-state index in [1.54, 1.807) is 6.33 Å². The van der Waals surface area contributed by atoms with Gasteiger partial charge in [0.05, 0.1) is 5.70 Å². The predicted molar refractivity (Wildman–Crippen MR) is 136 cm³/mol. The first-order valence-electron chi connectivity index (χ1n) is 10.9. The van der Waals surface area contributed by atoms with Gasteiger partial charge in [-0.25, -0.2) is 4.68 Å². The summed E-state index contributed by atoms with van der Waals surface area (Å²) in [5.74, 6) is 1.42. The number of benzene rings is 3. The Morgan fingerprint density at radius 3 is 2.35 bits per heavy atom. The Balaban J connectivity index is 1.60. The highest BCUT2D eigenvalue weighted by Crippen LogP contribution is 2.51. The zero-order valence-corrected chi connectivity index (χ0v) is 20.0. The van der Waals surface area contributed by atoms with Gasteiger partial charge in [0.15, 0.2) is 0 Å². The van der Waals surface area contributed by atoms with E-state index in [0.29, 0.717) is 16.0 Å². The van der Waals surface area contributed by atoms with E-state index in [2.05, 4.69) is 44.6 Å². The van der Waals surface area contributed by atoms with Crippen LogP contribution in [0.15, 0.2) is 78.6 Å². The molecule has 2 aliphatic rings. The molecule has 3 heterocycles. The molecule has 170 valence electrons. The molecule has 2 atom stereocenters. The average molecular weight is 490 g/mol. The van der Waals surface area contributed by atoms with E-state index in [9.17, 15) is 0 Å². The van der Waals surface area contributed by atoms with Crippen molar-refractivity contribution in [2.75, 3.05) is 24.3 Å². The molecule has 1 N–H and O–H groups in total. The summed E-state index contributed by atoms with van der Waals surface area (Å²) in [6, 6.07) is 21.7. The third-order valence-electron chi connectivity index (χ3n) is 6.27. The lowest BCUT2D eigenvalue weighted by molar-refractivity contribution is 0.223. The number of nitrogens with zero attached hydrogens (tertiary/aromatic N) is 4. The van der Waals surface area contributed by atoms with Crippen molar-refractivity contribution >= 4 is 40.5 Å². The second-order valence-electron chi connectivity index (χ2n) is 8.56. The molecule has 8 heteroatoms. The number of nitrogens with one attached hydrogen (secondary N) is 1. The normalized spacial score (nSPS) is 18.4. The molecule has 0 amide bonds. The standard InChI is InChI=1S/C26H21Cl2N5O/c1-32(2)19-10-5-15(6-11-19)24-22-23(31-26-29-14-30-33(24)26)20-13-18(28)9-12-21(20)34-25(22)16-3-7-17(27)8-4-16/h3-14,24-25H,1-2H3,(H,29,30,31)/t24-,25+/m1/s1. The van der Waals surface area contributed by atoms with Crippen LogP contribution < -0.4 is 15.0 Å². The van der Waals surface area contributed by atoms with Gasteiger partial charge in [-0.1, -0.05) is 47.5 Å². The van der Waals surface area contributed by atoms with E-state index in [0.717, 1.165) is 39.4 Å². The topological polar surface area (TPSA) is 55.2 Å². The maximum Gasteiger partial charge on any atom is 0.226 e. The maximum atomic E-state index is 6.62. The predicted octanol–water partition coefficient (Wildman–Crippen LogP) is 6.21. The second-order valence-corrected chi connectivity index (χ2v) is 9.43. The quantitative estimate of drug-likeness (QED) is 0.370. The van der Waals surface area contributed by atoms with Crippen LogP contribution >= 0.6 is 23.2 Å². The number of halogens is 2. The molecule has 3 aromatic carbocycles. The van der Waals surface area contributed by atoms with E-state index in [1.165, 1.54) is 0 Å². The van der Waals surface area contributed by atoms with Gasteiger partial charge in [0.1, 0.15) is 24.2 Å². The zero-order valence-electron chi connectivity index (χ0n) is 18.5. The van der Waals surface area contributed by atoms with Crippen molar-refractivity contribution in [1.29, 1.82) is 0 Å². The minimum atomic E-state index is -0.357. The van der Waals surface area contributed by atoms with Gasteiger partial charge in [0.2, 0.25) is 5.95 Å². The molecular formula is C26H21Cl2N5O. The van der Waals surface area contributed by atoms with Crippen LogP contribution in [-0.4, -0.2) is 28.9 Å². The molecule has 0 aliphatic carbocycles. The Bertz CT molecular complexity index is 1410. The zero-order chi connectivity index (χ0) is 23.4. The summed E-state index contributed by atoms with van der Waals surface area (Å²) in [6.45, 7) is 0. The third kappa shape index (κ3) is 3.42. The fourth-order valence-corrected chi connectivity index (χ4v) is 4.93. The molecule has 4 aromatic rings. The summed E-state index contributed by atoms with van der Waals surface area (Å²) in [5.41, 5.74) is 6.07. The number of aromatic nitrogens is 3. The lowest BCUT2D eigenvalue weighted by Gasteiger charge is -2.39. The van der Waals surface area contributed by atoms with Gasteiger partial charge in [0, 0.05) is 41.0 Å². The molecule has 1 aromatic heterocycles. The van der Waals surface area contributed by atoms with Crippen LogP contribution in [0.4, 0.5) is 11.6 Å². The number of ether oxygens (including phenoxy) is 1. The monoisotopic (exact) mass is 489 g/mol.